The molecule has 0 spiro atoms. The van der Waals surface area contributed by atoms with Crippen molar-refractivity contribution in [2.75, 3.05) is 24.5 Å². The van der Waals surface area contributed by atoms with E-state index in [9.17, 15) is 4.39 Å². The molecule has 1 fully saturated rings. The number of halogens is 1. The molecule has 3 heteroatoms. The lowest BCUT2D eigenvalue weighted by atomic mass is 10.1. The van der Waals surface area contributed by atoms with Gasteiger partial charge in [-0.2, -0.15) is 0 Å². The fourth-order valence-corrected chi connectivity index (χ4v) is 2.54. The lowest BCUT2D eigenvalue weighted by Crippen LogP contribution is -2.25. The van der Waals surface area contributed by atoms with Gasteiger partial charge >= 0.3 is 0 Å². The number of nitrogens with zero attached hydrogens (tertiary/aromatic N) is 1. The van der Waals surface area contributed by atoms with Crippen LogP contribution in [0.5, 0.6) is 0 Å². The second-order valence-corrected chi connectivity index (χ2v) is 5.11. The second-order valence-electron chi connectivity index (χ2n) is 5.11. The molecule has 0 radical (unpaired) electrons. The summed E-state index contributed by atoms with van der Waals surface area (Å²) < 4.78 is 14.0. The molecule has 1 aliphatic rings. The molecule has 2 nitrogen and oxygen atoms in total. The molecular weight excluding hydrogens is 239 g/mol. The highest BCUT2D eigenvalue weighted by molar-refractivity contribution is 5.50. The van der Waals surface area contributed by atoms with Gasteiger partial charge < -0.3 is 10.2 Å². The first-order valence-electron chi connectivity index (χ1n) is 7.16. The molecular formula is C16H23FN2. The Kier molecular flexibility index (Phi) is 5.40. The molecule has 0 aliphatic carbocycles. The quantitative estimate of drug-likeness (QED) is 0.645. The molecule has 0 bridgehead atoms. The van der Waals surface area contributed by atoms with Gasteiger partial charge in [-0.25, -0.2) is 4.39 Å². The van der Waals surface area contributed by atoms with Crippen molar-refractivity contribution in [2.45, 2.75) is 32.2 Å². The maximum atomic E-state index is 14.0. The summed E-state index contributed by atoms with van der Waals surface area (Å²) in [7, 11) is 0. The van der Waals surface area contributed by atoms with E-state index in [1.807, 2.05) is 18.2 Å². The minimum atomic E-state index is -0.102. The Bertz CT molecular complexity index is 409. The molecule has 1 aromatic rings. The minimum Gasteiger partial charge on any atom is -0.369 e. The zero-order chi connectivity index (χ0) is 13.5. The second kappa shape index (κ2) is 7.29. The number of rotatable bonds is 5. The molecule has 2 rings (SSSR count). The Morgan fingerprint density at radius 3 is 2.63 bits per heavy atom. The van der Waals surface area contributed by atoms with Gasteiger partial charge in [0.25, 0.3) is 0 Å². The van der Waals surface area contributed by atoms with Crippen LogP contribution in [0.3, 0.4) is 0 Å². The third-order valence-corrected chi connectivity index (χ3v) is 3.58. The van der Waals surface area contributed by atoms with Crippen LogP contribution in [0.1, 0.15) is 31.2 Å². The average molecular weight is 262 g/mol. The molecule has 1 heterocycles. The van der Waals surface area contributed by atoms with Crippen LogP contribution in [0, 0.1) is 5.82 Å². The van der Waals surface area contributed by atoms with E-state index in [1.165, 1.54) is 25.7 Å². The van der Waals surface area contributed by atoms with Crippen LogP contribution < -0.4 is 10.2 Å². The molecule has 0 unspecified atom stereocenters. The van der Waals surface area contributed by atoms with Crippen molar-refractivity contribution < 1.29 is 4.39 Å². The number of anilines is 1. The average Bonchev–Trinajstić information content (AvgIpc) is 2.70. The molecule has 0 saturated carbocycles. The van der Waals surface area contributed by atoms with Gasteiger partial charge in [-0.05, 0) is 30.5 Å². The van der Waals surface area contributed by atoms with Crippen molar-refractivity contribution in [3.8, 4) is 0 Å². The van der Waals surface area contributed by atoms with Gasteiger partial charge in [-0.15, -0.1) is 6.58 Å². The van der Waals surface area contributed by atoms with Gasteiger partial charge in [-0.3, -0.25) is 0 Å². The van der Waals surface area contributed by atoms with Crippen LogP contribution >= 0.6 is 0 Å². The number of nitrogens with one attached hydrogen (secondary N) is 1. The highest BCUT2D eigenvalue weighted by atomic mass is 19.1. The third kappa shape index (κ3) is 4.06. The van der Waals surface area contributed by atoms with Crippen molar-refractivity contribution in [3.05, 3.63) is 42.2 Å². The first kappa shape index (κ1) is 14.1. The number of hydrogen-bond donors (Lipinski definition) is 1. The molecule has 19 heavy (non-hydrogen) atoms. The summed E-state index contributed by atoms with van der Waals surface area (Å²) in [6, 6.07) is 5.43. The number of benzene rings is 1. The Hall–Kier alpha value is -1.35. The zero-order valence-electron chi connectivity index (χ0n) is 11.5. The molecule has 1 saturated heterocycles. The molecule has 1 N–H and O–H groups in total. The monoisotopic (exact) mass is 262 g/mol. The summed E-state index contributed by atoms with van der Waals surface area (Å²) in [6.07, 6.45) is 6.69. The molecule has 104 valence electrons. The van der Waals surface area contributed by atoms with E-state index < -0.39 is 0 Å². The van der Waals surface area contributed by atoms with Gasteiger partial charge in [0.2, 0.25) is 0 Å². The molecule has 1 aromatic carbocycles. The summed E-state index contributed by atoms with van der Waals surface area (Å²) in [5, 5.41) is 3.25. The zero-order valence-corrected chi connectivity index (χ0v) is 11.5. The van der Waals surface area contributed by atoms with Gasteiger partial charge in [0.1, 0.15) is 5.82 Å². The van der Waals surface area contributed by atoms with Crippen LogP contribution in [0.15, 0.2) is 30.9 Å². The topological polar surface area (TPSA) is 15.3 Å². The Balaban J connectivity index is 2.08. The standard InChI is InChI=1S/C16H23FN2/c1-2-9-18-13-14-7-8-15(17)16(12-14)19-10-5-3-4-6-11-19/h2,7-8,12,18H,1,3-6,9-11,13H2. The maximum Gasteiger partial charge on any atom is 0.146 e. The van der Waals surface area contributed by atoms with E-state index >= 15 is 0 Å². The summed E-state index contributed by atoms with van der Waals surface area (Å²) in [5.74, 6) is -0.102. The van der Waals surface area contributed by atoms with Crippen molar-refractivity contribution in [1.82, 2.24) is 5.32 Å². The summed E-state index contributed by atoms with van der Waals surface area (Å²) in [4.78, 5) is 2.19. The van der Waals surface area contributed by atoms with Crippen LogP contribution in [0.2, 0.25) is 0 Å². The van der Waals surface area contributed by atoms with Crippen molar-refractivity contribution in [2.24, 2.45) is 0 Å². The molecule has 1 aliphatic heterocycles. The predicted molar refractivity (Wildman–Crippen MR) is 79.0 cm³/mol. The van der Waals surface area contributed by atoms with Crippen molar-refractivity contribution >= 4 is 5.69 Å². The maximum absolute atomic E-state index is 14.0. The fourth-order valence-electron chi connectivity index (χ4n) is 2.54. The molecule has 0 atom stereocenters. The van der Waals surface area contributed by atoms with Gasteiger partial charge in [0.05, 0.1) is 5.69 Å². The van der Waals surface area contributed by atoms with E-state index in [1.54, 1.807) is 6.07 Å². The van der Waals surface area contributed by atoms with Crippen molar-refractivity contribution in [1.29, 1.82) is 0 Å². The normalized spacial score (nSPS) is 16.2. The van der Waals surface area contributed by atoms with Gasteiger partial charge in [0.15, 0.2) is 0 Å². The SMILES string of the molecule is C=CCNCc1ccc(F)c(N2CCCCCC2)c1. The van der Waals surface area contributed by atoms with Crippen LogP contribution in [0.25, 0.3) is 0 Å². The van der Waals surface area contributed by atoms with Gasteiger partial charge in [-0.1, -0.05) is 25.0 Å². The summed E-state index contributed by atoms with van der Waals surface area (Å²) in [5.41, 5.74) is 1.89. The summed E-state index contributed by atoms with van der Waals surface area (Å²) in [6.45, 7) is 7.15. The van der Waals surface area contributed by atoms with Crippen LogP contribution in [0.4, 0.5) is 10.1 Å². The van der Waals surface area contributed by atoms with E-state index in [-0.39, 0.29) is 5.82 Å². The largest absolute Gasteiger partial charge is 0.369 e. The minimum absolute atomic E-state index is 0.102. The predicted octanol–water partition coefficient (Wildman–Crippen LogP) is 3.48. The Morgan fingerprint density at radius 1 is 1.21 bits per heavy atom. The lowest BCUT2D eigenvalue weighted by Gasteiger charge is -2.23. The van der Waals surface area contributed by atoms with E-state index in [4.69, 9.17) is 0 Å². The van der Waals surface area contributed by atoms with E-state index in [2.05, 4.69) is 16.8 Å². The van der Waals surface area contributed by atoms with E-state index in [0.29, 0.717) is 0 Å². The molecule has 0 aromatic heterocycles. The van der Waals surface area contributed by atoms with Crippen molar-refractivity contribution in [3.63, 3.8) is 0 Å². The van der Waals surface area contributed by atoms with E-state index in [0.717, 1.165) is 37.4 Å². The highest BCUT2D eigenvalue weighted by Gasteiger charge is 2.14. The third-order valence-electron chi connectivity index (χ3n) is 3.58. The van der Waals surface area contributed by atoms with Gasteiger partial charge in [0, 0.05) is 26.2 Å². The van der Waals surface area contributed by atoms with Crippen LogP contribution in [-0.4, -0.2) is 19.6 Å². The Labute approximate surface area is 115 Å². The summed E-state index contributed by atoms with van der Waals surface area (Å²) >= 11 is 0. The van der Waals surface area contributed by atoms with Crippen LogP contribution in [-0.2, 0) is 6.54 Å². The lowest BCUT2D eigenvalue weighted by molar-refractivity contribution is 0.615. The first-order valence-corrected chi connectivity index (χ1v) is 7.16. The first-order chi connectivity index (χ1) is 9.31. The number of hydrogen-bond acceptors (Lipinski definition) is 2. The molecule has 0 amide bonds. The Morgan fingerprint density at radius 2 is 1.95 bits per heavy atom. The fraction of sp³-hybridized carbons (Fsp3) is 0.500. The highest BCUT2D eigenvalue weighted by Crippen LogP contribution is 2.24. The smallest absolute Gasteiger partial charge is 0.146 e.